The highest BCUT2D eigenvalue weighted by atomic mass is 16.3. The molecule has 3 nitrogen and oxygen atoms in total. The number of furan rings is 1. The number of anilines is 3. The largest absolute Gasteiger partial charge is 0.456 e. The molecule has 2 aliphatic heterocycles. The highest BCUT2D eigenvalue weighted by molar-refractivity contribution is 6.90. The van der Waals surface area contributed by atoms with Gasteiger partial charge in [-0.25, -0.2) is 0 Å². The van der Waals surface area contributed by atoms with Gasteiger partial charge >= 0.3 is 6.85 Å². The van der Waals surface area contributed by atoms with Crippen molar-refractivity contribution in [3.63, 3.8) is 0 Å². The minimum Gasteiger partial charge on any atom is -0.456 e. The first-order valence-corrected chi connectivity index (χ1v) is 22.5. The van der Waals surface area contributed by atoms with Crippen LogP contribution < -0.4 is 15.8 Å². The summed E-state index contributed by atoms with van der Waals surface area (Å²) < 4.78 is 9.52. The van der Waals surface area contributed by atoms with Crippen LogP contribution in [0.2, 0.25) is 0 Å². The van der Waals surface area contributed by atoms with Gasteiger partial charge in [-0.1, -0.05) is 130 Å². The van der Waals surface area contributed by atoms with Crippen molar-refractivity contribution in [3.05, 3.63) is 137 Å². The molecule has 3 aliphatic rings. The van der Waals surface area contributed by atoms with E-state index in [1.54, 1.807) is 0 Å². The number of nitrogens with zero attached hydrogens (tertiary/aromatic N) is 2. The molecular weight excluding hydrogens is 739 g/mol. The van der Waals surface area contributed by atoms with Crippen LogP contribution in [0, 0.1) is 6.92 Å². The lowest BCUT2D eigenvalue weighted by atomic mass is 9.44. The summed E-state index contributed by atoms with van der Waals surface area (Å²) in [5, 5.41) is 7.55. The normalized spacial score (nSPS) is 16.5. The minimum absolute atomic E-state index is 0.0174. The van der Waals surface area contributed by atoms with Crippen molar-refractivity contribution in [2.45, 2.75) is 111 Å². The molecule has 0 bridgehead atoms. The summed E-state index contributed by atoms with van der Waals surface area (Å²) in [6, 6.07) is 42.6. The van der Waals surface area contributed by atoms with E-state index < -0.39 is 0 Å². The molecule has 0 radical (unpaired) electrons. The Morgan fingerprint density at radius 3 is 1.98 bits per heavy atom. The molecule has 0 saturated carbocycles. The van der Waals surface area contributed by atoms with Crippen molar-refractivity contribution in [2.75, 3.05) is 4.90 Å². The van der Waals surface area contributed by atoms with Gasteiger partial charge in [0.2, 0.25) is 0 Å². The number of aromatic nitrogens is 1. The van der Waals surface area contributed by atoms with Crippen molar-refractivity contribution in [3.8, 4) is 11.1 Å². The smallest absolute Gasteiger partial charge is 0.333 e. The molecule has 0 spiro atoms. The molecule has 9 aromatic rings. The number of hydrogen-bond donors (Lipinski definition) is 0. The summed E-state index contributed by atoms with van der Waals surface area (Å²) in [5.41, 5.74) is 20.7. The van der Waals surface area contributed by atoms with Crippen LogP contribution in [0.5, 0.6) is 0 Å². The van der Waals surface area contributed by atoms with Gasteiger partial charge in [-0.2, -0.15) is 0 Å². The Morgan fingerprint density at radius 2 is 1.25 bits per heavy atom. The Kier molecular flexibility index (Phi) is 7.16. The van der Waals surface area contributed by atoms with Crippen LogP contribution in [0.25, 0.3) is 65.6 Å². The second-order valence-electron chi connectivity index (χ2n) is 22.1. The lowest BCUT2D eigenvalue weighted by molar-refractivity contribution is 0.332. The maximum atomic E-state index is 6.79. The molecule has 4 heteroatoms. The lowest BCUT2D eigenvalue weighted by Gasteiger charge is -2.45. The third-order valence-electron chi connectivity index (χ3n) is 15.2. The van der Waals surface area contributed by atoms with Crippen LogP contribution in [-0.2, 0) is 21.7 Å². The Hall–Kier alpha value is -5.74. The van der Waals surface area contributed by atoms with Crippen LogP contribution in [0.1, 0.15) is 110 Å². The first-order valence-electron chi connectivity index (χ1n) is 22.5. The van der Waals surface area contributed by atoms with Crippen molar-refractivity contribution in [1.82, 2.24) is 4.48 Å². The number of hydrogen-bond acceptors (Lipinski definition) is 2. The fraction of sp³-hybridized carbons (Fsp3) is 0.298. The summed E-state index contributed by atoms with van der Waals surface area (Å²) in [7, 11) is 0. The second kappa shape index (κ2) is 11.8. The molecule has 7 aromatic carbocycles. The van der Waals surface area contributed by atoms with Crippen LogP contribution >= 0.6 is 0 Å². The number of aryl methyl sites for hydroxylation is 1. The zero-order valence-electron chi connectivity index (χ0n) is 37.7. The van der Waals surface area contributed by atoms with E-state index in [1.807, 2.05) is 0 Å². The maximum Gasteiger partial charge on any atom is 0.333 e. The van der Waals surface area contributed by atoms with Gasteiger partial charge in [0.15, 0.2) is 0 Å². The zero-order valence-corrected chi connectivity index (χ0v) is 37.7. The molecule has 0 atom stereocenters. The van der Waals surface area contributed by atoms with Crippen molar-refractivity contribution >= 4 is 89.4 Å². The van der Waals surface area contributed by atoms with Gasteiger partial charge in [0.25, 0.3) is 0 Å². The van der Waals surface area contributed by atoms with Crippen LogP contribution in [0.4, 0.5) is 17.1 Å². The Balaban J connectivity index is 1.29. The van der Waals surface area contributed by atoms with E-state index in [0.29, 0.717) is 0 Å². The molecule has 4 heterocycles. The molecule has 302 valence electrons. The van der Waals surface area contributed by atoms with Crippen molar-refractivity contribution < 1.29 is 4.42 Å². The molecule has 0 saturated heterocycles. The molecule has 0 unspecified atom stereocenters. The monoisotopic (exact) mass is 794 g/mol. The van der Waals surface area contributed by atoms with Gasteiger partial charge in [-0.15, -0.1) is 0 Å². The standard InChI is InChI=1S/C57H55BN2O/c1-32-24-43-44(57(10,11)23-22-56(43,8)9)30-47(32)59-48-31-50-39(37-18-14-15-19-49(37)61-50)29-45(48)58-51-40(25-33-16-12-13-17-36(33)53(51)59)42-28-35(55(5,6)7)27-41-38-26-34(54(2,3)4)20-21-46(38)60(58)52(41)42/h12-21,24-31H,22-23H2,1-11H3. The van der Waals surface area contributed by atoms with Gasteiger partial charge in [0.05, 0.1) is 5.69 Å². The predicted molar refractivity (Wildman–Crippen MR) is 262 cm³/mol. The third-order valence-corrected chi connectivity index (χ3v) is 15.2. The minimum atomic E-state index is -0.0688. The number of benzene rings is 7. The summed E-state index contributed by atoms with van der Waals surface area (Å²) in [6.45, 7) is 26.2. The quantitative estimate of drug-likeness (QED) is 0.154. The van der Waals surface area contributed by atoms with Crippen molar-refractivity contribution in [1.29, 1.82) is 0 Å². The molecule has 12 rings (SSSR count). The van der Waals surface area contributed by atoms with Gasteiger partial charge in [0.1, 0.15) is 11.2 Å². The Labute approximate surface area is 360 Å². The number of rotatable bonds is 1. The highest BCUT2D eigenvalue weighted by Crippen LogP contribution is 2.53. The van der Waals surface area contributed by atoms with Gasteiger partial charge < -0.3 is 13.8 Å². The average Bonchev–Trinajstić information content (AvgIpc) is 3.74. The highest BCUT2D eigenvalue weighted by Gasteiger charge is 2.46. The fourth-order valence-electron chi connectivity index (χ4n) is 11.6. The molecule has 2 aromatic heterocycles. The summed E-state index contributed by atoms with van der Waals surface area (Å²) >= 11 is 0. The third kappa shape index (κ3) is 5.00. The molecule has 61 heavy (non-hydrogen) atoms. The van der Waals surface area contributed by atoms with Gasteiger partial charge in [-0.05, 0) is 134 Å². The molecular formula is C57H55BN2O. The maximum absolute atomic E-state index is 6.79. The molecule has 0 N–H and O–H groups in total. The van der Waals surface area contributed by atoms with Crippen LogP contribution in [-0.4, -0.2) is 11.3 Å². The number of fused-ring (bicyclic) bond motifs is 13. The Bertz CT molecular complexity index is 3410. The van der Waals surface area contributed by atoms with Crippen LogP contribution in [0.15, 0.2) is 114 Å². The van der Waals surface area contributed by atoms with E-state index in [0.717, 1.165) is 23.0 Å². The zero-order chi connectivity index (χ0) is 42.3. The van der Waals surface area contributed by atoms with E-state index in [1.165, 1.54) is 111 Å². The SMILES string of the molecule is Cc1cc2c(cc1N1c3cc4oc5ccccc5c4cc3B3c4c(cc5ccccc5c41)-c1cc(C(C)(C)C)cc4c5cc(C(C)(C)C)ccc5n3c14)C(C)(C)CCC2(C)C. The summed E-state index contributed by atoms with van der Waals surface area (Å²) in [5.74, 6) is 0. The van der Waals surface area contributed by atoms with E-state index in [-0.39, 0.29) is 28.5 Å². The predicted octanol–water partition coefficient (Wildman–Crippen LogP) is 14.5. The first-order chi connectivity index (χ1) is 28.9. The number of para-hydroxylation sites is 1. The topological polar surface area (TPSA) is 21.3 Å². The molecule has 0 amide bonds. The fourth-order valence-corrected chi connectivity index (χ4v) is 11.6. The summed E-state index contributed by atoms with van der Waals surface area (Å²) in [6.07, 6.45) is 2.35. The van der Waals surface area contributed by atoms with E-state index in [9.17, 15) is 0 Å². The van der Waals surface area contributed by atoms with Crippen LogP contribution in [0.3, 0.4) is 0 Å². The van der Waals surface area contributed by atoms with E-state index >= 15 is 0 Å². The summed E-state index contributed by atoms with van der Waals surface area (Å²) in [4.78, 5) is 2.66. The van der Waals surface area contributed by atoms with Gasteiger partial charge in [0, 0.05) is 61.0 Å². The van der Waals surface area contributed by atoms with Crippen molar-refractivity contribution in [2.24, 2.45) is 0 Å². The second-order valence-corrected chi connectivity index (χ2v) is 22.1. The first kappa shape index (κ1) is 37.1. The van der Waals surface area contributed by atoms with Gasteiger partial charge in [-0.3, -0.25) is 0 Å². The Morgan fingerprint density at radius 1 is 0.574 bits per heavy atom. The lowest BCUT2D eigenvalue weighted by Crippen LogP contribution is -2.56. The molecule has 1 aliphatic carbocycles. The molecule has 0 fully saturated rings. The van der Waals surface area contributed by atoms with E-state index in [2.05, 4.69) is 195 Å². The average molecular weight is 795 g/mol. The van der Waals surface area contributed by atoms with E-state index in [4.69, 9.17) is 4.42 Å².